The van der Waals surface area contributed by atoms with Gasteiger partial charge in [0.1, 0.15) is 5.82 Å². The van der Waals surface area contributed by atoms with Crippen LogP contribution in [-0.2, 0) is 48.1 Å². The number of hydrogen-bond donors (Lipinski definition) is 0. The molecule has 0 saturated heterocycles. The Morgan fingerprint density at radius 3 is 1.70 bits per heavy atom. The van der Waals surface area contributed by atoms with E-state index in [2.05, 4.69) is 264 Å². The van der Waals surface area contributed by atoms with Gasteiger partial charge in [0.05, 0.1) is 0 Å². The molecule has 0 amide bonds. The number of para-hydroxylation sites is 2. The van der Waals surface area contributed by atoms with Crippen molar-refractivity contribution in [1.29, 1.82) is 0 Å². The van der Waals surface area contributed by atoms with Crippen molar-refractivity contribution in [3.63, 3.8) is 0 Å². The first-order valence-corrected chi connectivity index (χ1v) is 25.9. The van der Waals surface area contributed by atoms with Gasteiger partial charge in [-0.1, -0.05) is 182 Å². The van der Waals surface area contributed by atoms with Crippen LogP contribution in [0.4, 0.5) is 22.7 Å². The standard InChI is InChI=1S/C68H71N4O.Pt/c1-64(2,3)47-28-31-58-55(38-47)54-30-29-53(42-61(54)72(58)62-36-45(32-33-69-62)63-56(67(10,11)12)39-49(66(7,8)9)40-57(63)68(13,14)15)73-52-25-21-24-50(41-52)70-43-71(60-27-20-19-26-59(60)70)51-35-46(44-22-17-16-18-23-44)34-48(37-51)65(4,5)6;/h16-40,43H,1-15H3;/q-3;. The van der Waals surface area contributed by atoms with Crippen LogP contribution in [0.5, 0.6) is 11.5 Å². The van der Waals surface area contributed by atoms with E-state index in [1.54, 1.807) is 0 Å². The molecule has 0 bridgehead atoms. The van der Waals surface area contributed by atoms with Gasteiger partial charge in [-0.05, 0) is 125 Å². The van der Waals surface area contributed by atoms with Gasteiger partial charge in [0.25, 0.3) is 0 Å². The van der Waals surface area contributed by atoms with Crippen molar-refractivity contribution in [3.05, 3.63) is 198 Å². The second-order valence-electron chi connectivity index (χ2n) is 25.2. The minimum atomic E-state index is -0.106. The van der Waals surface area contributed by atoms with E-state index in [9.17, 15) is 0 Å². The number of pyridine rings is 1. The summed E-state index contributed by atoms with van der Waals surface area (Å²) in [5.74, 6) is 2.03. The monoisotopic (exact) mass is 1150 g/mol. The Hall–Kier alpha value is -6.42. The van der Waals surface area contributed by atoms with Gasteiger partial charge < -0.3 is 19.1 Å². The Morgan fingerprint density at radius 1 is 0.459 bits per heavy atom. The molecular formula is C68H71N4OPt-3. The molecule has 1 aliphatic heterocycles. The third kappa shape index (κ3) is 10.1. The number of fused-ring (bicyclic) bond motifs is 4. The van der Waals surface area contributed by atoms with Gasteiger partial charge in [0.15, 0.2) is 0 Å². The fraction of sp³-hybridized carbons (Fsp3) is 0.294. The number of hydrogen-bond acceptors (Lipinski definition) is 4. The molecule has 7 aromatic carbocycles. The Kier molecular flexibility index (Phi) is 13.5. The van der Waals surface area contributed by atoms with Gasteiger partial charge >= 0.3 is 0 Å². The van der Waals surface area contributed by atoms with Crippen LogP contribution in [0.25, 0.3) is 49.9 Å². The Balaban J connectivity index is 0.00000672. The predicted molar refractivity (Wildman–Crippen MR) is 309 cm³/mol. The molecule has 2 aromatic heterocycles. The SMILES string of the molecule is CC(C)(C)c1cc(-c2ccccc2)cc(N2[CH-]N(c3[c-]c(Oc4[c-]c5c(cc4)c4cc(C(C)(C)C)ccc4n5-c4cc(-c5c(C(C)(C)C)cc(C(C)(C)C)cc5C(C)(C)C)ccn4)ccc3)c3ccccc32)c1.[Pt]. The van der Waals surface area contributed by atoms with Gasteiger partial charge in [-0.3, -0.25) is 0 Å². The fourth-order valence-electron chi connectivity index (χ4n) is 10.2. The average molecular weight is 1160 g/mol. The molecular weight excluding hydrogens is 1080 g/mol. The maximum atomic E-state index is 6.81. The average Bonchev–Trinajstić information content (AvgIpc) is 3.88. The number of nitrogens with zero attached hydrogens (tertiary/aromatic N) is 4. The summed E-state index contributed by atoms with van der Waals surface area (Å²) in [6.45, 7) is 36.8. The van der Waals surface area contributed by atoms with Crippen molar-refractivity contribution in [1.82, 2.24) is 9.55 Å². The molecule has 6 heteroatoms. The summed E-state index contributed by atoms with van der Waals surface area (Å²) < 4.78 is 9.08. The Labute approximate surface area is 455 Å². The van der Waals surface area contributed by atoms with Crippen molar-refractivity contribution in [2.45, 2.75) is 131 Å². The fourth-order valence-corrected chi connectivity index (χ4v) is 10.2. The van der Waals surface area contributed by atoms with Crippen molar-refractivity contribution >= 4 is 44.6 Å². The van der Waals surface area contributed by atoms with E-state index in [1.165, 1.54) is 44.5 Å². The van der Waals surface area contributed by atoms with Gasteiger partial charge in [0.2, 0.25) is 0 Å². The molecule has 10 rings (SSSR count). The van der Waals surface area contributed by atoms with Crippen LogP contribution >= 0.6 is 0 Å². The minimum absolute atomic E-state index is 0. The second kappa shape index (κ2) is 19.1. The molecule has 0 radical (unpaired) electrons. The van der Waals surface area contributed by atoms with Crippen molar-refractivity contribution in [3.8, 4) is 39.6 Å². The first-order valence-electron chi connectivity index (χ1n) is 25.9. The number of anilines is 4. The van der Waals surface area contributed by atoms with Crippen LogP contribution in [-0.4, -0.2) is 9.55 Å². The van der Waals surface area contributed by atoms with E-state index < -0.39 is 0 Å². The van der Waals surface area contributed by atoms with E-state index in [0.29, 0.717) is 11.5 Å². The number of benzene rings is 7. The van der Waals surface area contributed by atoms with Gasteiger partial charge in [0, 0.05) is 61.3 Å². The zero-order valence-electron chi connectivity index (χ0n) is 46.0. The molecule has 9 aromatic rings. The van der Waals surface area contributed by atoms with E-state index in [4.69, 9.17) is 9.72 Å². The summed E-state index contributed by atoms with van der Waals surface area (Å²) in [5, 5.41) is 2.25. The maximum absolute atomic E-state index is 6.81. The van der Waals surface area contributed by atoms with Crippen molar-refractivity contribution in [2.75, 3.05) is 9.80 Å². The summed E-state index contributed by atoms with van der Waals surface area (Å²) in [7, 11) is 0. The number of ether oxygens (including phenoxy) is 1. The van der Waals surface area contributed by atoms with Crippen LogP contribution in [0.1, 0.15) is 132 Å². The Morgan fingerprint density at radius 2 is 1.07 bits per heavy atom. The summed E-state index contributed by atoms with van der Waals surface area (Å²) in [5.41, 5.74) is 17.2. The predicted octanol–water partition coefficient (Wildman–Crippen LogP) is 18.8. The van der Waals surface area contributed by atoms with Crippen LogP contribution in [0.3, 0.4) is 0 Å². The Bertz CT molecular complexity index is 3520. The van der Waals surface area contributed by atoms with E-state index in [0.717, 1.165) is 55.9 Å². The van der Waals surface area contributed by atoms with Crippen LogP contribution in [0.15, 0.2) is 152 Å². The van der Waals surface area contributed by atoms with Gasteiger partial charge in [-0.2, -0.15) is 12.1 Å². The molecule has 1 aliphatic rings. The zero-order chi connectivity index (χ0) is 52.0. The van der Waals surface area contributed by atoms with Crippen molar-refractivity contribution < 1.29 is 25.8 Å². The number of aromatic nitrogens is 2. The van der Waals surface area contributed by atoms with E-state index >= 15 is 0 Å². The van der Waals surface area contributed by atoms with Crippen molar-refractivity contribution in [2.24, 2.45) is 0 Å². The summed E-state index contributed by atoms with van der Waals surface area (Å²) in [6, 6.07) is 60.1. The third-order valence-corrected chi connectivity index (χ3v) is 14.4. The molecule has 0 N–H and O–H groups in total. The maximum Gasteiger partial charge on any atom is 0.136 e. The molecule has 0 atom stereocenters. The van der Waals surface area contributed by atoms with Crippen LogP contribution < -0.4 is 14.5 Å². The first-order chi connectivity index (χ1) is 34.3. The van der Waals surface area contributed by atoms with Gasteiger partial charge in [-0.25, -0.2) is 4.98 Å². The molecule has 0 fully saturated rings. The van der Waals surface area contributed by atoms with Crippen LogP contribution in [0, 0.1) is 18.8 Å². The number of rotatable bonds is 7. The smallest absolute Gasteiger partial charge is 0.136 e. The molecule has 0 saturated carbocycles. The van der Waals surface area contributed by atoms with E-state index in [-0.39, 0.29) is 48.1 Å². The molecule has 3 heterocycles. The summed E-state index contributed by atoms with van der Waals surface area (Å²) in [6.07, 6.45) is 1.97. The van der Waals surface area contributed by atoms with Crippen LogP contribution in [0.2, 0.25) is 0 Å². The van der Waals surface area contributed by atoms with Gasteiger partial charge in [-0.15, -0.1) is 48.1 Å². The molecule has 0 aliphatic carbocycles. The second-order valence-corrected chi connectivity index (χ2v) is 25.2. The summed E-state index contributed by atoms with van der Waals surface area (Å²) in [4.78, 5) is 9.65. The normalized spacial score (nSPS) is 13.4. The third-order valence-electron chi connectivity index (χ3n) is 14.4. The first kappa shape index (κ1) is 52.4. The molecule has 382 valence electrons. The molecule has 74 heavy (non-hydrogen) atoms. The van der Waals surface area contributed by atoms with E-state index in [1.807, 2.05) is 24.4 Å². The largest absolute Gasteiger partial charge is 0.509 e. The molecule has 0 unspecified atom stereocenters. The topological polar surface area (TPSA) is 33.5 Å². The zero-order valence-corrected chi connectivity index (χ0v) is 48.3. The molecule has 0 spiro atoms. The summed E-state index contributed by atoms with van der Waals surface area (Å²) >= 11 is 0. The minimum Gasteiger partial charge on any atom is -0.509 e. The molecule has 5 nitrogen and oxygen atoms in total. The quantitative estimate of drug-likeness (QED) is 0.149.